The minimum absolute atomic E-state index is 0.166. The molecule has 1 aromatic heterocycles. The maximum Gasteiger partial charge on any atom is 0.333 e. The standard InChI is InChI=1S/C15H13ClN2O3/c1-15(14(20)21,11-5-3-2-4-6-11)18-13(19)10-7-8-17-12(16)9-10/h2-9H,1H3,(H,18,19)(H,20,21). The van der Waals surface area contributed by atoms with Crippen LogP contribution in [-0.4, -0.2) is 22.0 Å². The molecule has 0 spiro atoms. The second-order valence-corrected chi connectivity index (χ2v) is 5.00. The molecular formula is C15H13ClN2O3. The number of aliphatic carboxylic acids is 1. The lowest BCUT2D eigenvalue weighted by Gasteiger charge is -2.26. The lowest BCUT2D eigenvalue weighted by Crippen LogP contribution is -2.49. The van der Waals surface area contributed by atoms with E-state index in [2.05, 4.69) is 10.3 Å². The first kappa shape index (κ1) is 15.0. The van der Waals surface area contributed by atoms with Crippen LogP contribution in [0, 0.1) is 0 Å². The summed E-state index contributed by atoms with van der Waals surface area (Å²) in [5, 5.41) is 12.2. The summed E-state index contributed by atoms with van der Waals surface area (Å²) >= 11 is 5.73. The maximum atomic E-state index is 12.2. The van der Waals surface area contributed by atoms with Crippen LogP contribution in [0.15, 0.2) is 48.7 Å². The second-order valence-electron chi connectivity index (χ2n) is 4.62. The molecule has 21 heavy (non-hydrogen) atoms. The number of benzene rings is 1. The lowest BCUT2D eigenvalue weighted by molar-refractivity contribution is -0.144. The van der Waals surface area contributed by atoms with Crippen LogP contribution in [-0.2, 0) is 10.3 Å². The molecule has 0 bridgehead atoms. The Morgan fingerprint density at radius 1 is 1.24 bits per heavy atom. The van der Waals surface area contributed by atoms with Crippen molar-refractivity contribution in [2.24, 2.45) is 0 Å². The van der Waals surface area contributed by atoms with Gasteiger partial charge in [-0.25, -0.2) is 9.78 Å². The first-order valence-corrected chi connectivity index (χ1v) is 6.54. The van der Waals surface area contributed by atoms with Gasteiger partial charge in [0.2, 0.25) is 0 Å². The van der Waals surface area contributed by atoms with Crippen LogP contribution in [0.1, 0.15) is 22.8 Å². The highest BCUT2D eigenvalue weighted by atomic mass is 35.5. The topological polar surface area (TPSA) is 79.3 Å². The summed E-state index contributed by atoms with van der Waals surface area (Å²) in [7, 11) is 0. The molecule has 1 aromatic carbocycles. The summed E-state index contributed by atoms with van der Waals surface area (Å²) in [6, 6.07) is 11.3. The quantitative estimate of drug-likeness (QED) is 0.850. The van der Waals surface area contributed by atoms with Gasteiger partial charge >= 0.3 is 5.97 Å². The van der Waals surface area contributed by atoms with E-state index in [1.807, 2.05) is 0 Å². The minimum atomic E-state index is -1.53. The van der Waals surface area contributed by atoms with Crippen molar-refractivity contribution in [3.63, 3.8) is 0 Å². The fourth-order valence-corrected chi connectivity index (χ4v) is 2.04. The first-order valence-electron chi connectivity index (χ1n) is 6.16. The van der Waals surface area contributed by atoms with Gasteiger partial charge in [0.1, 0.15) is 5.15 Å². The molecule has 2 aromatic rings. The molecule has 0 fully saturated rings. The fraction of sp³-hybridized carbons (Fsp3) is 0.133. The SMILES string of the molecule is CC(NC(=O)c1ccnc(Cl)c1)(C(=O)O)c1ccccc1. The Bertz CT molecular complexity index is 676. The number of halogens is 1. The van der Waals surface area contributed by atoms with Crippen LogP contribution >= 0.6 is 11.6 Å². The Hall–Kier alpha value is -2.40. The second kappa shape index (κ2) is 5.93. The van der Waals surface area contributed by atoms with Gasteiger partial charge < -0.3 is 10.4 Å². The van der Waals surface area contributed by atoms with Crippen molar-refractivity contribution in [2.45, 2.75) is 12.5 Å². The van der Waals surface area contributed by atoms with E-state index in [0.717, 1.165) is 0 Å². The highest BCUT2D eigenvalue weighted by molar-refractivity contribution is 6.29. The molecular weight excluding hydrogens is 292 g/mol. The molecule has 2 N–H and O–H groups in total. The number of nitrogens with zero attached hydrogens (tertiary/aromatic N) is 1. The highest BCUT2D eigenvalue weighted by Crippen LogP contribution is 2.22. The monoisotopic (exact) mass is 304 g/mol. The van der Waals surface area contributed by atoms with Crippen molar-refractivity contribution in [3.05, 3.63) is 64.9 Å². The first-order chi connectivity index (χ1) is 9.93. The third kappa shape index (κ3) is 3.20. The van der Waals surface area contributed by atoms with Gasteiger partial charge in [-0.3, -0.25) is 4.79 Å². The Balaban J connectivity index is 2.33. The third-order valence-corrected chi connectivity index (χ3v) is 3.34. The molecule has 108 valence electrons. The molecule has 1 unspecified atom stereocenters. The molecule has 1 amide bonds. The van der Waals surface area contributed by atoms with E-state index in [1.165, 1.54) is 25.3 Å². The van der Waals surface area contributed by atoms with E-state index in [0.29, 0.717) is 5.56 Å². The van der Waals surface area contributed by atoms with Gasteiger partial charge in [-0.1, -0.05) is 41.9 Å². The summed E-state index contributed by atoms with van der Waals surface area (Å²) < 4.78 is 0. The molecule has 0 aliphatic rings. The van der Waals surface area contributed by atoms with E-state index in [9.17, 15) is 14.7 Å². The fourth-order valence-electron chi connectivity index (χ4n) is 1.86. The van der Waals surface area contributed by atoms with Crippen molar-refractivity contribution >= 4 is 23.5 Å². The number of nitrogens with one attached hydrogen (secondary N) is 1. The highest BCUT2D eigenvalue weighted by Gasteiger charge is 2.37. The normalized spacial score (nSPS) is 13.2. The molecule has 0 aliphatic heterocycles. The molecule has 0 radical (unpaired) electrons. The Labute approximate surface area is 126 Å². The van der Waals surface area contributed by atoms with Gasteiger partial charge in [0.25, 0.3) is 5.91 Å². The predicted molar refractivity (Wildman–Crippen MR) is 78.1 cm³/mol. The summed E-state index contributed by atoms with van der Waals surface area (Å²) in [6.07, 6.45) is 1.39. The van der Waals surface area contributed by atoms with Gasteiger partial charge in [0.05, 0.1) is 0 Å². The number of amides is 1. The zero-order chi connectivity index (χ0) is 15.5. The van der Waals surface area contributed by atoms with E-state index in [1.54, 1.807) is 30.3 Å². The zero-order valence-corrected chi connectivity index (χ0v) is 12.0. The largest absolute Gasteiger partial charge is 0.479 e. The van der Waals surface area contributed by atoms with Gasteiger partial charge in [0, 0.05) is 11.8 Å². The van der Waals surface area contributed by atoms with E-state index in [4.69, 9.17) is 11.6 Å². The van der Waals surface area contributed by atoms with Crippen molar-refractivity contribution in [3.8, 4) is 0 Å². The molecule has 0 saturated carbocycles. The molecule has 0 aliphatic carbocycles. The molecule has 1 atom stereocenters. The number of hydrogen-bond donors (Lipinski definition) is 2. The third-order valence-electron chi connectivity index (χ3n) is 3.13. The number of carbonyl (C=O) groups is 2. The van der Waals surface area contributed by atoms with Crippen LogP contribution in [0.25, 0.3) is 0 Å². The van der Waals surface area contributed by atoms with E-state index >= 15 is 0 Å². The van der Waals surface area contributed by atoms with Crippen molar-refractivity contribution < 1.29 is 14.7 Å². The van der Waals surface area contributed by atoms with Gasteiger partial charge in [-0.15, -0.1) is 0 Å². The van der Waals surface area contributed by atoms with Crippen LogP contribution < -0.4 is 5.32 Å². The number of carbonyl (C=O) groups excluding carboxylic acids is 1. The Morgan fingerprint density at radius 3 is 2.48 bits per heavy atom. The van der Waals surface area contributed by atoms with Gasteiger partial charge in [0.15, 0.2) is 5.54 Å². The smallest absolute Gasteiger partial charge is 0.333 e. The predicted octanol–water partition coefficient (Wildman–Crippen LogP) is 2.46. The summed E-state index contributed by atoms with van der Waals surface area (Å²) in [6.45, 7) is 1.44. The van der Waals surface area contributed by atoms with Crippen LogP contribution in [0.3, 0.4) is 0 Å². The van der Waals surface area contributed by atoms with Gasteiger partial charge in [-0.2, -0.15) is 0 Å². The summed E-state index contributed by atoms with van der Waals surface area (Å²) in [5.41, 5.74) is -0.807. The van der Waals surface area contributed by atoms with Crippen molar-refractivity contribution in [2.75, 3.05) is 0 Å². The molecule has 0 saturated heterocycles. The number of rotatable bonds is 4. The lowest BCUT2D eigenvalue weighted by atomic mass is 9.91. The average Bonchev–Trinajstić information content (AvgIpc) is 2.47. The molecule has 6 heteroatoms. The molecule has 1 heterocycles. The van der Waals surface area contributed by atoms with Gasteiger partial charge in [-0.05, 0) is 24.6 Å². The summed E-state index contributed by atoms with van der Waals surface area (Å²) in [4.78, 5) is 27.6. The zero-order valence-electron chi connectivity index (χ0n) is 11.2. The Kier molecular flexibility index (Phi) is 4.23. The number of hydrogen-bond acceptors (Lipinski definition) is 3. The number of carboxylic acid groups (broad SMARTS) is 1. The average molecular weight is 305 g/mol. The molecule has 5 nitrogen and oxygen atoms in total. The molecule has 2 rings (SSSR count). The van der Waals surface area contributed by atoms with E-state index in [-0.39, 0.29) is 10.7 Å². The summed E-state index contributed by atoms with van der Waals surface area (Å²) in [5.74, 6) is -1.68. The van der Waals surface area contributed by atoms with Crippen molar-refractivity contribution in [1.29, 1.82) is 0 Å². The Morgan fingerprint density at radius 2 is 1.90 bits per heavy atom. The van der Waals surface area contributed by atoms with Crippen LogP contribution in [0.5, 0.6) is 0 Å². The van der Waals surface area contributed by atoms with Crippen molar-refractivity contribution in [1.82, 2.24) is 10.3 Å². The minimum Gasteiger partial charge on any atom is -0.479 e. The van der Waals surface area contributed by atoms with Crippen LogP contribution in [0.4, 0.5) is 0 Å². The number of carboxylic acids is 1. The number of pyridine rings is 1. The van der Waals surface area contributed by atoms with Crippen LogP contribution in [0.2, 0.25) is 5.15 Å². The number of aromatic nitrogens is 1. The van der Waals surface area contributed by atoms with E-state index < -0.39 is 17.4 Å². The maximum absolute atomic E-state index is 12.2.